The van der Waals surface area contributed by atoms with E-state index in [1.807, 2.05) is 39.0 Å². The second-order valence-corrected chi connectivity index (χ2v) is 8.06. The molecule has 8 nitrogen and oxygen atoms in total. The molecule has 0 saturated carbocycles. The van der Waals surface area contributed by atoms with Gasteiger partial charge in [0.25, 0.3) is 5.91 Å². The van der Waals surface area contributed by atoms with Crippen molar-refractivity contribution in [3.63, 3.8) is 0 Å². The van der Waals surface area contributed by atoms with Crippen molar-refractivity contribution in [1.29, 1.82) is 0 Å². The summed E-state index contributed by atoms with van der Waals surface area (Å²) in [6.07, 6.45) is 0.731. The van der Waals surface area contributed by atoms with Crippen LogP contribution in [0.5, 0.6) is 0 Å². The Hall–Kier alpha value is -3.68. The lowest BCUT2D eigenvalue weighted by Crippen LogP contribution is -2.28. The SMILES string of the molecule is CCCOC(=O)c1ccc(N2C[C@@H](C(=O)OCC(=O)Nc3cc(C)ccc3C)CC2=O)cc1. The van der Waals surface area contributed by atoms with Gasteiger partial charge in [-0.05, 0) is 61.7 Å². The third kappa shape index (κ3) is 6.19. The van der Waals surface area contributed by atoms with Crippen LogP contribution in [0.1, 0.15) is 41.3 Å². The van der Waals surface area contributed by atoms with Crippen LogP contribution in [-0.2, 0) is 23.9 Å². The molecular weight excluding hydrogens is 424 g/mol. The number of carbonyl (C=O) groups excluding carboxylic acids is 4. The zero-order chi connectivity index (χ0) is 24.0. The minimum Gasteiger partial charge on any atom is -0.462 e. The minimum atomic E-state index is -0.666. The van der Waals surface area contributed by atoms with E-state index < -0.39 is 30.4 Å². The molecule has 1 saturated heterocycles. The predicted molar refractivity (Wildman–Crippen MR) is 123 cm³/mol. The quantitative estimate of drug-likeness (QED) is 0.616. The summed E-state index contributed by atoms with van der Waals surface area (Å²) in [5.41, 5.74) is 3.55. The molecule has 1 aliphatic rings. The molecule has 1 fully saturated rings. The van der Waals surface area contributed by atoms with Crippen molar-refractivity contribution in [2.75, 3.05) is 30.0 Å². The molecule has 0 radical (unpaired) electrons. The van der Waals surface area contributed by atoms with E-state index in [2.05, 4.69) is 5.32 Å². The fourth-order valence-corrected chi connectivity index (χ4v) is 3.48. The molecular formula is C25H28N2O6. The summed E-state index contributed by atoms with van der Waals surface area (Å²) < 4.78 is 10.3. The molecule has 1 atom stereocenters. The first-order valence-corrected chi connectivity index (χ1v) is 10.9. The average molecular weight is 453 g/mol. The van der Waals surface area contributed by atoms with E-state index in [1.54, 1.807) is 24.3 Å². The molecule has 0 unspecified atom stereocenters. The third-order valence-electron chi connectivity index (χ3n) is 5.32. The molecule has 0 bridgehead atoms. The van der Waals surface area contributed by atoms with E-state index in [1.165, 1.54) is 4.90 Å². The Morgan fingerprint density at radius 3 is 2.48 bits per heavy atom. The van der Waals surface area contributed by atoms with E-state index in [9.17, 15) is 19.2 Å². The lowest BCUT2D eigenvalue weighted by Gasteiger charge is -2.17. The molecule has 3 rings (SSSR count). The molecule has 2 aromatic carbocycles. The molecule has 174 valence electrons. The number of amides is 2. The maximum atomic E-state index is 12.4. The molecule has 33 heavy (non-hydrogen) atoms. The van der Waals surface area contributed by atoms with Gasteiger partial charge in [-0.2, -0.15) is 0 Å². The Balaban J connectivity index is 1.53. The Morgan fingerprint density at radius 1 is 1.06 bits per heavy atom. The highest BCUT2D eigenvalue weighted by molar-refractivity contribution is 6.00. The predicted octanol–water partition coefficient (Wildman–Crippen LogP) is 3.41. The number of esters is 2. The first kappa shape index (κ1) is 24.0. The monoisotopic (exact) mass is 452 g/mol. The fourth-order valence-electron chi connectivity index (χ4n) is 3.48. The zero-order valence-corrected chi connectivity index (χ0v) is 19.1. The van der Waals surface area contributed by atoms with Gasteiger partial charge in [0.05, 0.1) is 18.1 Å². The molecule has 2 aromatic rings. The summed E-state index contributed by atoms with van der Waals surface area (Å²) in [5.74, 6) is -2.35. The van der Waals surface area contributed by atoms with Crippen LogP contribution in [0.2, 0.25) is 0 Å². The molecule has 1 heterocycles. The number of benzene rings is 2. The molecule has 0 aromatic heterocycles. The van der Waals surface area contributed by atoms with Gasteiger partial charge >= 0.3 is 11.9 Å². The zero-order valence-electron chi connectivity index (χ0n) is 19.1. The molecule has 0 aliphatic carbocycles. The number of nitrogens with zero attached hydrogens (tertiary/aromatic N) is 1. The smallest absolute Gasteiger partial charge is 0.338 e. The van der Waals surface area contributed by atoms with Crippen LogP contribution in [0.4, 0.5) is 11.4 Å². The topological polar surface area (TPSA) is 102 Å². The number of aryl methyl sites for hydroxylation is 2. The Morgan fingerprint density at radius 2 is 1.79 bits per heavy atom. The van der Waals surface area contributed by atoms with Crippen molar-refractivity contribution in [3.8, 4) is 0 Å². The van der Waals surface area contributed by atoms with Crippen molar-refractivity contribution < 1.29 is 28.7 Å². The van der Waals surface area contributed by atoms with Crippen molar-refractivity contribution in [1.82, 2.24) is 0 Å². The van der Waals surface area contributed by atoms with Crippen molar-refractivity contribution in [2.45, 2.75) is 33.6 Å². The van der Waals surface area contributed by atoms with Gasteiger partial charge in [-0.1, -0.05) is 19.1 Å². The van der Waals surface area contributed by atoms with Crippen LogP contribution in [0.15, 0.2) is 42.5 Å². The summed E-state index contributed by atoms with van der Waals surface area (Å²) in [7, 11) is 0. The summed E-state index contributed by atoms with van der Waals surface area (Å²) in [6, 6.07) is 12.2. The number of rotatable bonds is 8. The summed E-state index contributed by atoms with van der Waals surface area (Å²) in [4.78, 5) is 50.5. The van der Waals surface area contributed by atoms with E-state index in [-0.39, 0.29) is 18.9 Å². The third-order valence-corrected chi connectivity index (χ3v) is 5.32. The van der Waals surface area contributed by atoms with E-state index in [0.29, 0.717) is 23.5 Å². The van der Waals surface area contributed by atoms with Gasteiger partial charge < -0.3 is 19.7 Å². The number of nitrogens with one attached hydrogen (secondary N) is 1. The van der Waals surface area contributed by atoms with Crippen LogP contribution in [0, 0.1) is 19.8 Å². The lowest BCUT2D eigenvalue weighted by atomic mass is 10.1. The number of ether oxygens (including phenoxy) is 2. The average Bonchev–Trinajstić information content (AvgIpc) is 3.20. The van der Waals surface area contributed by atoms with Gasteiger partial charge in [0.2, 0.25) is 5.91 Å². The summed E-state index contributed by atoms with van der Waals surface area (Å²) >= 11 is 0. The second kappa shape index (κ2) is 10.8. The van der Waals surface area contributed by atoms with Crippen LogP contribution in [0.25, 0.3) is 0 Å². The van der Waals surface area contributed by atoms with Gasteiger partial charge in [0.15, 0.2) is 6.61 Å². The standard InChI is InChI=1S/C25H28N2O6/c1-4-11-32-24(30)18-7-9-20(10-8-18)27-14-19(13-23(27)29)25(31)33-15-22(28)26-21-12-16(2)5-6-17(21)3/h5-10,12,19H,4,11,13-15H2,1-3H3,(H,26,28)/t19-/m0/s1. The maximum absolute atomic E-state index is 12.4. The number of carbonyl (C=O) groups is 4. The van der Waals surface area contributed by atoms with E-state index >= 15 is 0 Å². The lowest BCUT2D eigenvalue weighted by molar-refractivity contribution is -0.151. The number of anilines is 2. The highest BCUT2D eigenvalue weighted by Gasteiger charge is 2.36. The molecule has 8 heteroatoms. The van der Waals surface area contributed by atoms with Crippen LogP contribution in [0.3, 0.4) is 0 Å². The van der Waals surface area contributed by atoms with Gasteiger partial charge in [-0.3, -0.25) is 14.4 Å². The highest BCUT2D eigenvalue weighted by atomic mass is 16.5. The largest absolute Gasteiger partial charge is 0.462 e. The Bertz CT molecular complexity index is 1050. The van der Waals surface area contributed by atoms with Gasteiger partial charge in [0.1, 0.15) is 0 Å². The number of hydrogen-bond donors (Lipinski definition) is 1. The van der Waals surface area contributed by atoms with Crippen LogP contribution < -0.4 is 10.2 Å². The second-order valence-electron chi connectivity index (χ2n) is 8.06. The first-order chi connectivity index (χ1) is 15.8. The normalized spacial score (nSPS) is 15.3. The van der Waals surface area contributed by atoms with Crippen LogP contribution in [-0.4, -0.2) is 43.5 Å². The van der Waals surface area contributed by atoms with Crippen molar-refractivity contribution >= 4 is 35.1 Å². The van der Waals surface area contributed by atoms with Gasteiger partial charge in [-0.25, -0.2) is 4.79 Å². The van der Waals surface area contributed by atoms with Gasteiger partial charge in [-0.15, -0.1) is 0 Å². The molecule has 2 amide bonds. The first-order valence-electron chi connectivity index (χ1n) is 10.9. The Kier molecular flexibility index (Phi) is 7.82. The summed E-state index contributed by atoms with van der Waals surface area (Å²) in [5, 5.41) is 2.74. The minimum absolute atomic E-state index is 0.00225. The van der Waals surface area contributed by atoms with E-state index in [4.69, 9.17) is 9.47 Å². The van der Waals surface area contributed by atoms with Crippen molar-refractivity contribution in [2.24, 2.45) is 5.92 Å². The number of hydrogen-bond acceptors (Lipinski definition) is 6. The Labute approximate surface area is 192 Å². The molecule has 0 spiro atoms. The molecule has 1 aliphatic heterocycles. The van der Waals surface area contributed by atoms with Crippen LogP contribution >= 0.6 is 0 Å². The summed E-state index contributed by atoms with van der Waals surface area (Å²) in [6.45, 7) is 5.78. The van der Waals surface area contributed by atoms with Crippen molar-refractivity contribution in [3.05, 3.63) is 59.2 Å². The fraction of sp³-hybridized carbons (Fsp3) is 0.360. The van der Waals surface area contributed by atoms with Gasteiger partial charge in [0, 0.05) is 24.3 Å². The highest BCUT2D eigenvalue weighted by Crippen LogP contribution is 2.26. The molecule has 1 N–H and O–H groups in total. The van der Waals surface area contributed by atoms with E-state index in [0.717, 1.165) is 17.5 Å². The maximum Gasteiger partial charge on any atom is 0.338 e.